The summed E-state index contributed by atoms with van der Waals surface area (Å²) in [6.45, 7) is 2.35. The highest BCUT2D eigenvalue weighted by Gasteiger charge is 2.04. The average molecular weight is 219 g/mol. The molecular formula is C11H13N3O2. The van der Waals surface area contributed by atoms with Crippen molar-refractivity contribution in [2.45, 2.75) is 13.5 Å². The number of methoxy groups -OCH3 is 1. The van der Waals surface area contributed by atoms with Crippen LogP contribution in [0.5, 0.6) is 5.75 Å². The number of oxazole rings is 1. The lowest BCUT2D eigenvalue weighted by Crippen LogP contribution is -2.03. The third-order valence-corrected chi connectivity index (χ3v) is 2.07. The van der Waals surface area contributed by atoms with Crippen molar-refractivity contribution in [3.8, 4) is 5.75 Å². The van der Waals surface area contributed by atoms with Crippen LogP contribution in [0.1, 0.15) is 11.7 Å². The standard InChI is InChI=1S/C11H13N3O2/c1-8-6-13-10(16-8)7-14-11-9(15-2)4-3-5-12-11/h3-6H,7H2,1-2H3,(H,12,14). The summed E-state index contributed by atoms with van der Waals surface area (Å²) < 4.78 is 10.5. The molecule has 2 aromatic rings. The number of ether oxygens (including phenoxy) is 1. The van der Waals surface area contributed by atoms with Crippen molar-refractivity contribution in [1.82, 2.24) is 9.97 Å². The number of rotatable bonds is 4. The van der Waals surface area contributed by atoms with Crippen molar-refractivity contribution in [2.75, 3.05) is 12.4 Å². The molecule has 0 saturated carbocycles. The Morgan fingerprint density at radius 1 is 1.44 bits per heavy atom. The maximum Gasteiger partial charge on any atom is 0.213 e. The lowest BCUT2D eigenvalue weighted by Gasteiger charge is -2.07. The van der Waals surface area contributed by atoms with Gasteiger partial charge in [-0.3, -0.25) is 0 Å². The summed E-state index contributed by atoms with van der Waals surface area (Å²) in [7, 11) is 1.61. The summed E-state index contributed by atoms with van der Waals surface area (Å²) in [5, 5.41) is 3.10. The van der Waals surface area contributed by atoms with Gasteiger partial charge in [0.05, 0.1) is 19.9 Å². The first-order valence-corrected chi connectivity index (χ1v) is 4.94. The van der Waals surface area contributed by atoms with Gasteiger partial charge in [0.1, 0.15) is 5.76 Å². The molecule has 0 aliphatic carbocycles. The summed E-state index contributed by atoms with van der Waals surface area (Å²) >= 11 is 0. The molecule has 2 aromatic heterocycles. The minimum Gasteiger partial charge on any atom is -0.493 e. The van der Waals surface area contributed by atoms with Crippen molar-refractivity contribution in [3.05, 3.63) is 36.2 Å². The van der Waals surface area contributed by atoms with Gasteiger partial charge in [0, 0.05) is 6.20 Å². The van der Waals surface area contributed by atoms with Crippen molar-refractivity contribution < 1.29 is 9.15 Å². The second kappa shape index (κ2) is 4.65. The SMILES string of the molecule is COc1cccnc1NCc1ncc(C)o1. The van der Waals surface area contributed by atoms with Crippen LogP contribution in [0.3, 0.4) is 0 Å². The van der Waals surface area contributed by atoms with Gasteiger partial charge in [-0.2, -0.15) is 0 Å². The zero-order valence-corrected chi connectivity index (χ0v) is 9.23. The highest BCUT2D eigenvalue weighted by Crippen LogP contribution is 2.20. The van der Waals surface area contributed by atoms with E-state index >= 15 is 0 Å². The summed E-state index contributed by atoms with van der Waals surface area (Å²) in [4.78, 5) is 8.25. The molecule has 5 heteroatoms. The predicted octanol–water partition coefficient (Wildman–Crippen LogP) is 2.00. The molecule has 16 heavy (non-hydrogen) atoms. The fourth-order valence-corrected chi connectivity index (χ4v) is 1.33. The minimum atomic E-state index is 0.487. The van der Waals surface area contributed by atoms with Gasteiger partial charge in [-0.15, -0.1) is 0 Å². The van der Waals surface area contributed by atoms with Gasteiger partial charge >= 0.3 is 0 Å². The van der Waals surface area contributed by atoms with Gasteiger partial charge in [-0.1, -0.05) is 0 Å². The van der Waals surface area contributed by atoms with E-state index in [1.165, 1.54) is 0 Å². The van der Waals surface area contributed by atoms with E-state index in [0.29, 0.717) is 24.0 Å². The van der Waals surface area contributed by atoms with E-state index in [4.69, 9.17) is 9.15 Å². The second-order valence-corrected chi connectivity index (χ2v) is 3.27. The second-order valence-electron chi connectivity index (χ2n) is 3.27. The maximum atomic E-state index is 5.34. The summed E-state index contributed by atoms with van der Waals surface area (Å²) in [5.41, 5.74) is 0. The Morgan fingerprint density at radius 2 is 2.31 bits per heavy atom. The third-order valence-electron chi connectivity index (χ3n) is 2.07. The van der Waals surface area contributed by atoms with E-state index in [2.05, 4.69) is 15.3 Å². The summed E-state index contributed by atoms with van der Waals surface area (Å²) in [6, 6.07) is 3.66. The molecule has 0 atom stereocenters. The molecule has 0 aliphatic rings. The quantitative estimate of drug-likeness (QED) is 0.852. The van der Waals surface area contributed by atoms with Crippen LogP contribution in [-0.4, -0.2) is 17.1 Å². The van der Waals surface area contributed by atoms with E-state index < -0.39 is 0 Å². The monoisotopic (exact) mass is 219 g/mol. The number of pyridine rings is 1. The molecule has 0 saturated heterocycles. The Bertz CT molecular complexity index is 468. The molecular weight excluding hydrogens is 206 g/mol. The lowest BCUT2D eigenvalue weighted by molar-refractivity contribution is 0.414. The molecule has 2 rings (SSSR count). The van der Waals surface area contributed by atoms with E-state index in [9.17, 15) is 0 Å². The minimum absolute atomic E-state index is 0.487. The molecule has 0 unspecified atom stereocenters. The molecule has 84 valence electrons. The Morgan fingerprint density at radius 3 is 3.00 bits per heavy atom. The molecule has 1 N–H and O–H groups in total. The third kappa shape index (κ3) is 2.31. The Kier molecular flexibility index (Phi) is 3.05. The largest absolute Gasteiger partial charge is 0.493 e. The van der Waals surface area contributed by atoms with E-state index in [1.54, 1.807) is 19.5 Å². The Balaban J connectivity index is 2.04. The van der Waals surface area contributed by atoms with Gasteiger partial charge in [0.15, 0.2) is 11.6 Å². The van der Waals surface area contributed by atoms with E-state index in [0.717, 1.165) is 5.76 Å². The zero-order valence-electron chi connectivity index (χ0n) is 9.23. The fourth-order valence-electron chi connectivity index (χ4n) is 1.33. The lowest BCUT2D eigenvalue weighted by atomic mass is 10.4. The van der Waals surface area contributed by atoms with E-state index in [-0.39, 0.29) is 0 Å². The van der Waals surface area contributed by atoms with Crippen LogP contribution in [0, 0.1) is 6.92 Å². The molecule has 0 fully saturated rings. The fraction of sp³-hybridized carbons (Fsp3) is 0.273. The molecule has 0 spiro atoms. The van der Waals surface area contributed by atoms with Crippen molar-refractivity contribution in [2.24, 2.45) is 0 Å². The van der Waals surface area contributed by atoms with Crippen LogP contribution in [0.2, 0.25) is 0 Å². The molecule has 5 nitrogen and oxygen atoms in total. The molecule has 0 aromatic carbocycles. The normalized spacial score (nSPS) is 10.1. The zero-order chi connectivity index (χ0) is 11.4. The van der Waals surface area contributed by atoms with Gasteiger partial charge < -0.3 is 14.5 Å². The van der Waals surface area contributed by atoms with E-state index in [1.807, 2.05) is 19.1 Å². The van der Waals surface area contributed by atoms with Crippen LogP contribution < -0.4 is 10.1 Å². The first-order valence-electron chi connectivity index (χ1n) is 4.94. The summed E-state index contributed by atoms with van der Waals surface area (Å²) in [6.07, 6.45) is 3.39. The van der Waals surface area contributed by atoms with Gasteiger partial charge in [0.25, 0.3) is 0 Å². The first kappa shape index (κ1) is 10.5. The van der Waals surface area contributed by atoms with Crippen molar-refractivity contribution in [3.63, 3.8) is 0 Å². The van der Waals surface area contributed by atoms with Gasteiger partial charge in [-0.05, 0) is 19.1 Å². The van der Waals surface area contributed by atoms with Crippen LogP contribution in [0.15, 0.2) is 28.9 Å². The molecule has 0 amide bonds. The van der Waals surface area contributed by atoms with Crippen LogP contribution in [0.4, 0.5) is 5.82 Å². The number of anilines is 1. The molecule has 0 bridgehead atoms. The topological polar surface area (TPSA) is 60.2 Å². The van der Waals surface area contributed by atoms with Crippen LogP contribution >= 0.6 is 0 Å². The molecule has 0 aliphatic heterocycles. The van der Waals surface area contributed by atoms with Crippen LogP contribution in [-0.2, 0) is 6.54 Å². The molecule has 2 heterocycles. The first-order chi connectivity index (χ1) is 7.79. The number of aryl methyl sites for hydroxylation is 1. The van der Waals surface area contributed by atoms with Crippen molar-refractivity contribution in [1.29, 1.82) is 0 Å². The number of hydrogen-bond donors (Lipinski definition) is 1. The number of nitrogens with one attached hydrogen (secondary N) is 1. The molecule has 0 radical (unpaired) electrons. The van der Waals surface area contributed by atoms with Gasteiger partial charge in [0.2, 0.25) is 5.89 Å². The van der Waals surface area contributed by atoms with Crippen molar-refractivity contribution >= 4 is 5.82 Å². The number of aromatic nitrogens is 2. The summed E-state index contributed by atoms with van der Waals surface area (Å²) in [5.74, 6) is 2.81. The Hall–Kier alpha value is -2.04. The predicted molar refractivity (Wildman–Crippen MR) is 59.4 cm³/mol. The Labute approximate surface area is 93.5 Å². The smallest absolute Gasteiger partial charge is 0.213 e. The highest BCUT2D eigenvalue weighted by molar-refractivity contribution is 5.49. The number of nitrogens with zero attached hydrogens (tertiary/aromatic N) is 2. The maximum absolute atomic E-state index is 5.34. The van der Waals surface area contributed by atoms with Gasteiger partial charge in [-0.25, -0.2) is 9.97 Å². The highest BCUT2D eigenvalue weighted by atomic mass is 16.5. The van der Waals surface area contributed by atoms with Crippen LogP contribution in [0.25, 0.3) is 0 Å². The average Bonchev–Trinajstić information content (AvgIpc) is 2.73. The number of hydrogen-bond acceptors (Lipinski definition) is 5.